The van der Waals surface area contributed by atoms with Crippen molar-refractivity contribution in [2.45, 2.75) is 89.3 Å². The molecule has 1 amide bonds. The third kappa shape index (κ3) is 5.06. The molecule has 7 nitrogen and oxygen atoms in total. The standard InChI is InChI=1S/C26H35FN4O3S/c1-16-2-4-17(5-3-16)24(32)29-19-6-8-20(9-7-19)31-25(33)22-14-18(27)15-28-23(22)30(26(31)34)21-10-12-35-13-11-21/h14-17,19-21H,2-13H2,1H3,(H,29,32). The molecule has 0 bridgehead atoms. The van der Waals surface area contributed by atoms with Gasteiger partial charge in [0.2, 0.25) is 5.91 Å². The van der Waals surface area contributed by atoms with Crippen LogP contribution in [0, 0.1) is 17.7 Å². The maximum atomic E-state index is 14.1. The molecule has 190 valence electrons. The number of aromatic nitrogens is 3. The Morgan fingerprint density at radius 1 is 0.971 bits per heavy atom. The van der Waals surface area contributed by atoms with Crippen LogP contribution in [-0.2, 0) is 4.79 Å². The minimum absolute atomic E-state index is 0.0371. The molecule has 1 saturated heterocycles. The summed E-state index contributed by atoms with van der Waals surface area (Å²) in [6.45, 7) is 2.25. The number of carbonyl (C=O) groups is 1. The molecule has 0 unspecified atom stereocenters. The first-order valence-corrected chi connectivity index (χ1v) is 14.3. The SMILES string of the molecule is CC1CCC(C(=O)NC2CCC(n3c(=O)c4cc(F)cnc4n(C4CCSCC4)c3=O)CC2)CC1. The van der Waals surface area contributed by atoms with E-state index in [1.807, 2.05) is 11.8 Å². The molecule has 3 fully saturated rings. The molecule has 5 rings (SSSR count). The Morgan fingerprint density at radius 3 is 2.31 bits per heavy atom. The van der Waals surface area contributed by atoms with E-state index in [1.54, 1.807) is 4.57 Å². The summed E-state index contributed by atoms with van der Waals surface area (Å²) in [5.41, 5.74) is -0.498. The van der Waals surface area contributed by atoms with Gasteiger partial charge in [0.1, 0.15) is 11.5 Å². The number of thioether (sulfide) groups is 1. The van der Waals surface area contributed by atoms with Crippen molar-refractivity contribution in [2.24, 2.45) is 11.8 Å². The van der Waals surface area contributed by atoms with Crippen molar-refractivity contribution < 1.29 is 9.18 Å². The van der Waals surface area contributed by atoms with E-state index in [2.05, 4.69) is 17.2 Å². The maximum Gasteiger partial charge on any atom is 0.333 e. The number of carbonyl (C=O) groups excluding carboxylic acids is 1. The van der Waals surface area contributed by atoms with Crippen molar-refractivity contribution in [3.8, 4) is 0 Å². The average molecular weight is 503 g/mol. The van der Waals surface area contributed by atoms with Crippen LogP contribution in [0.3, 0.4) is 0 Å². The van der Waals surface area contributed by atoms with Crippen LogP contribution in [0.2, 0.25) is 0 Å². The summed E-state index contributed by atoms with van der Waals surface area (Å²) in [6, 6.07) is 0.998. The van der Waals surface area contributed by atoms with Crippen LogP contribution in [0.25, 0.3) is 11.0 Å². The summed E-state index contributed by atoms with van der Waals surface area (Å²) in [6.07, 6.45) is 9.60. The second-order valence-corrected chi connectivity index (χ2v) is 11.9. The van der Waals surface area contributed by atoms with Crippen LogP contribution in [-0.4, -0.2) is 37.6 Å². The molecule has 9 heteroatoms. The number of hydrogen-bond donors (Lipinski definition) is 1. The van der Waals surface area contributed by atoms with E-state index in [4.69, 9.17) is 0 Å². The molecule has 1 aliphatic heterocycles. The van der Waals surface area contributed by atoms with Crippen LogP contribution >= 0.6 is 11.8 Å². The predicted molar refractivity (Wildman–Crippen MR) is 136 cm³/mol. The highest BCUT2D eigenvalue weighted by atomic mass is 32.2. The van der Waals surface area contributed by atoms with Crippen LogP contribution in [0.15, 0.2) is 21.9 Å². The Hall–Kier alpha value is -2.16. The van der Waals surface area contributed by atoms with E-state index in [-0.39, 0.29) is 46.7 Å². The first kappa shape index (κ1) is 24.5. The Bertz CT molecular complexity index is 1190. The summed E-state index contributed by atoms with van der Waals surface area (Å²) in [5.74, 6) is 2.29. The fourth-order valence-electron chi connectivity index (χ4n) is 6.12. The van der Waals surface area contributed by atoms with E-state index in [1.165, 1.54) is 10.6 Å². The van der Waals surface area contributed by atoms with Crippen LogP contribution in [0.5, 0.6) is 0 Å². The van der Waals surface area contributed by atoms with Gasteiger partial charge in [0.15, 0.2) is 0 Å². The molecule has 0 radical (unpaired) electrons. The molecule has 3 aliphatic rings. The topological polar surface area (TPSA) is 86.0 Å². The normalized spacial score (nSPS) is 28.2. The van der Waals surface area contributed by atoms with Crippen molar-refractivity contribution in [3.05, 3.63) is 38.9 Å². The quantitative estimate of drug-likeness (QED) is 0.678. The van der Waals surface area contributed by atoms with Crippen LogP contribution in [0.4, 0.5) is 4.39 Å². The highest BCUT2D eigenvalue weighted by Gasteiger charge is 2.31. The van der Waals surface area contributed by atoms with Crippen molar-refractivity contribution in [1.82, 2.24) is 19.4 Å². The Morgan fingerprint density at radius 2 is 1.63 bits per heavy atom. The van der Waals surface area contributed by atoms with Crippen LogP contribution < -0.4 is 16.6 Å². The monoisotopic (exact) mass is 502 g/mol. The first-order valence-electron chi connectivity index (χ1n) is 13.1. The lowest BCUT2D eigenvalue weighted by molar-refractivity contribution is -0.127. The molecule has 2 saturated carbocycles. The smallest absolute Gasteiger partial charge is 0.333 e. The number of halogens is 1. The fraction of sp³-hybridized carbons (Fsp3) is 0.692. The van der Waals surface area contributed by atoms with Crippen molar-refractivity contribution in [1.29, 1.82) is 0 Å². The molecule has 35 heavy (non-hydrogen) atoms. The number of nitrogens with one attached hydrogen (secondary N) is 1. The van der Waals surface area contributed by atoms with Gasteiger partial charge < -0.3 is 5.32 Å². The van der Waals surface area contributed by atoms with Gasteiger partial charge in [-0.25, -0.2) is 14.2 Å². The summed E-state index contributed by atoms with van der Waals surface area (Å²) in [7, 11) is 0. The molecule has 2 aromatic rings. The zero-order valence-electron chi connectivity index (χ0n) is 20.4. The Labute approximate surface area is 208 Å². The molecule has 1 N–H and O–H groups in total. The second kappa shape index (κ2) is 10.4. The maximum absolute atomic E-state index is 14.1. The molecule has 3 heterocycles. The molecule has 2 aliphatic carbocycles. The van der Waals surface area contributed by atoms with Gasteiger partial charge in [-0.15, -0.1) is 0 Å². The van der Waals surface area contributed by atoms with E-state index in [0.29, 0.717) is 18.8 Å². The minimum Gasteiger partial charge on any atom is -0.353 e. The number of fused-ring (bicyclic) bond motifs is 1. The number of rotatable bonds is 4. The molecule has 0 atom stereocenters. The van der Waals surface area contributed by atoms with Gasteiger partial charge in [-0.1, -0.05) is 6.92 Å². The summed E-state index contributed by atoms with van der Waals surface area (Å²) in [4.78, 5) is 44.0. The van der Waals surface area contributed by atoms with Gasteiger partial charge in [0, 0.05) is 24.0 Å². The molecule has 2 aromatic heterocycles. The van der Waals surface area contributed by atoms with Crippen LogP contribution in [0.1, 0.15) is 83.2 Å². The Kier molecular flexibility index (Phi) is 7.32. The predicted octanol–water partition coefficient (Wildman–Crippen LogP) is 4.19. The third-order valence-electron chi connectivity index (χ3n) is 8.27. The molecular weight excluding hydrogens is 467 g/mol. The minimum atomic E-state index is -0.575. The lowest BCUT2D eigenvalue weighted by Gasteiger charge is -2.33. The van der Waals surface area contributed by atoms with E-state index < -0.39 is 11.4 Å². The zero-order valence-corrected chi connectivity index (χ0v) is 21.2. The van der Waals surface area contributed by atoms with Crippen molar-refractivity contribution >= 4 is 28.7 Å². The Balaban J connectivity index is 1.37. The van der Waals surface area contributed by atoms with E-state index in [9.17, 15) is 18.8 Å². The first-order chi connectivity index (χ1) is 16.9. The van der Waals surface area contributed by atoms with Crippen molar-refractivity contribution in [3.63, 3.8) is 0 Å². The highest BCUT2D eigenvalue weighted by Crippen LogP contribution is 2.32. The number of pyridine rings is 1. The van der Waals surface area contributed by atoms with Gasteiger partial charge in [-0.2, -0.15) is 11.8 Å². The van der Waals surface area contributed by atoms with Gasteiger partial charge in [-0.3, -0.25) is 18.7 Å². The van der Waals surface area contributed by atoms with Crippen molar-refractivity contribution in [2.75, 3.05) is 11.5 Å². The highest BCUT2D eigenvalue weighted by molar-refractivity contribution is 7.99. The van der Waals surface area contributed by atoms with Gasteiger partial charge in [-0.05, 0) is 87.7 Å². The number of hydrogen-bond acceptors (Lipinski definition) is 5. The molecule has 0 spiro atoms. The van der Waals surface area contributed by atoms with E-state index in [0.717, 1.165) is 69.1 Å². The van der Waals surface area contributed by atoms with E-state index >= 15 is 0 Å². The van der Waals surface area contributed by atoms with Gasteiger partial charge in [0.25, 0.3) is 5.56 Å². The lowest BCUT2D eigenvalue weighted by atomic mass is 9.82. The van der Waals surface area contributed by atoms with Gasteiger partial charge in [0.05, 0.1) is 11.6 Å². The average Bonchev–Trinajstić information content (AvgIpc) is 2.86. The number of nitrogens with zero attached hydrogens (tertiary/aromatic N) is 3. The molecular formula is C26H35FN4O3S. The fourth-order valence-corrected chi connectivity index (χ4v) is 7.20. The molecule has 0 aromatic carbocycles. The number of amides is 1. The summed E-state index contributed by atoms with van der Waals surface area (Å²) < 4.78 is 17.1. The van der Waals surface area contributed by atoms with Gasteiger partial charge >= 0.3 is 5.69 Å². The second-order valence-electron chi connectivity index (χ2n) is 10.7. The largest absolute Gasteiger partial charge is 0.353 e. The lowest BCUT2D eigenvalue weighted by Crippen LogP contribution is -2.47. The third-order valence-corrected chi connectivity index (χ3v) is 9.32. The summed E-state index contributed by atoms with van der Waals surface area (Å²) in [5, 5.41) is 3.40. The zero-order chi connectivity index (χ0) is 24.5. The summed E-state index contributed by atoms with van der Waals surface area (Å²) >= 11 is 1.86.